The van der Waals surface area contributed by atoms with Crippen LogP contribution in [-0.4, -0.2) is 41.3 Å². The highest BCUT2D eigenvalue weighted by Gasteiger charge is 2.21. The minimum atomic E-state index is 0.0321. The van der Waals surface area contributed by atoms with Gasteiger partial charge in [-0.25, -0.2) is 0 Å². The van der Waals surface area contributed by atoms with E-state index in [0.29, 0.717) is 17.9 Å². The molecule has 0 bridgehead atoms. The number of unbranched alkanes of at least 4 members (excludes halogenated alkanes) is 2. The van der Waals surface area contributed by atoms with E-state index in [2.05, 4.69) is 34.7 Å². The number of pyridine rings is 1. The lowest BCUT2D eigenvalue weighted by atomic mass is 10.00. The van der Waals surface area contributed by atoms with Crippen LogP contribution in [0.2, 0.25) is 0 Å². The number of hydrogen-bond donors (Lipinski definition) is 0. The summed E-state index contributed by atoms with van der Waals surface area (Å²) in [5.74, 6) is 0.938. The van der Waals surface area contributed by atoms with E-state index in [1.165, 1.54) is 38.8 Å². The van der Waals surface area contributed by atoms with Crippen molar-refractivity contribution >= 4 is 27.2 Å². The Labute approximate surface area is 213 Å². The third-order valence-corrected chi connectivity index (χ3v) is 7.47. The summed E-state index contributed by atoms with van der Waals surface area (Å²) in [6.45, 7) is 14.7. The highest BCUT2D eigenvalue weighted by molar-refractivity contribution is 9.10. The second-order valence-corrected chi connectivity index (χ2v) is 10.1. The number of rotatable bonds is 13. The van der Waals surface area contributed by atoms with Crippen LogP contribution in [0.25, 0.3) is 5.52 Å². The van der Waals surface area contributed by atoms with Crippen LogP contribution in [-0.2, 0) is 0 Å². The smallest absolute Gasteiger partial charge is 0.210 e. The van der Waals surface area contributed by atoms with E-state index >= 15 is 0 Å². The topological polar surface area (TPSA) is 34.0 Å². The van der Waals surface area contributed by atoms with Crippen LogP contribution < -0.4 is 4.74 Å². The quantitative estimate of drug-likeness (QED) is 0.170. The highest BCUT2D eigenvalue weighted by atomic mass is 79.9. The van der Waals surface area contributed by atoms with Gasteiger partial charge in [-0.1, -0.05) is 32.8 Å². The van der Waals surface area contributed by atoms with Gasteiger partial charge >= 0.3 is 0 Å². The van der Waals surface area contributed by atoms with Crippen molar-refractivity contribution in [3.8, 4) is 5.75 Å². The maximum absolute atomic E-state index is 13.5. The van der Waals surface area contributed by atoms with Gasteiger partial charge in [0.25, 0.3) is 0 Å². The van der Waals surface area contributed by atoms with Crippen molar-refractivity contribution in [3.05, 3.63) is 68.9 Å². The largest absolute Gasteiger partial charge is 0.493 e. The molecule has 3 rings (SSSR count). The Bertz CT molecular complexity index is 1090. The van der Waals surface area contributed by atoms with Gasteiger partial charge in [-0.05, 0) is 110 Å². The second kappa shape index (κ2) is 12.6. The molecule has 0 aliphatic carbocycles. The number of ketones is 1. The maximum atomic E-state index is 13.5. The Morgan fingerprint density at radius 3 is 2.21 bits per heavy atom. The molecule has 0 fully saturated rings. The van der Waals surface area contributed by atoms with E-state index < -0.39 is 0 Å². The lowest BCUT2D eigenvalue weighted by molar-refractivity contribution is 0.103. The van der Waals surface area contributed by atoms with Gasteiger partial charge in [-0.2, -0.15) is 0 Å². The van der Waals surface area contributed by atoms with E-state index in [4.69, 9.17) is 4.74 Å². The first-order chi connectivity index (χ1) is 16.4. The van der Waals surface area contributed by atoms with Crippen LogP contribution in [0.3, 0.4) is 0 Å². The molecule has 2 aromatic heterocycles. The third kappa shape index (κ3) is 6.11. The van der Waals surface area contributed by atoms with Crippen LogP contribution >= 0.6 is 15.9 Å². The number of ether oxygens (including phenoxy) is 1. The number of aromatic nitrogens is 1. The standard InChI is InChI=1S/C29H39BrN2O2/c1-6-8-14-31(15-9-7-2)16-12-18-34-29-21(3)19-24(20-22(29)4)28(33)27-23(5)26(30)25-13-10-11-17-32(25)27/h10-11,13,17,19-20H,6-9,12,14-16,18H2,1-5H3. The van der Waals surface area contributed by atoms with E-state index in [1.54, 1.807) is 0 Å². The van der Waals surface area contributed by atoms with Crippen molar-refractivity contribution in [1.29, 1.82) is 0 Å². The number of aryl methyl sites for hydroxylation is 2. The summed E-state index contributed by atoms with van der Waals surface area (Å²) in [6.07, 6.45) is 7.94. The Hall–Kier alpha value is -2.11. The summed E-state index contributed by atoms with van der Waals surface area (Å²) in [5.41, 5.74) is 5.39. The summed E-state index contributed by atoms with van der Waals surface area (Å²) >= 11 is 3.66. The minimum absolute atomic E-state index is 0.0321. The zero-order chi connectivity index (χ0) is 24.7. The zero-order valence-corrected chi connectivity index (χ0v) is 23.0. The maximum Gasteiger partial charge on any atom is 0.210 e. The van der Waals surface area contributed by atoms with Crippen molar-refractivity contribution in [3.63, 3.8) is 0 Å². The normalized spacial score (nSPS) is 11.5. The van der Waals surface area contributed by atoms with Gasteiger partial charge in [0, 0.05) is 22.8 Å². The number of carbonyl (C=O) groups is 1. The molecule has 0 saturated heterocycles. The number of halogens is 1. The van der Waals surface area contributed by atoms with Gasteiger partial charge in [0.05, 0.1) is 17.8 Å². The molecule has 1 aromatic carbocycles. The molecule has 0 spiro atoms. The molecule has 34 heavy (non-hydrogen) atoms. The van der Waals surface area contributed by atoms with E-state index in [0.717, 1.165) is 45.4 Å². The fourth-order valence-electron chi connectivity index (χ4n) is 4.58. The fourth-order valence-corrected chi connectivity index (χ4v) is 5.09. The summed E-state index contributed by atoms with van der Waals surface area (Å²) in [4.78, 5) is 16.1. The molecule has 0 aliphatic rings. The first kappa shape index (κ1) is 26.5. The van der Waals surface area contributed by atoms with Gasteiger partial charge in [-0.15, -0.1) is 0 Å². The Balaban J connectivity index is 1.70. The van der Waals surface area contributed by atoms with Crippen molar-refractivity contribution in [2.75, 3.05) is 26.2 Å². The SMILES string of the molecule is CCCCN(CCCC)CCCOc1c(C)cc(C(=O)c2c(C)c(Br)c3ccccn23)cc1C. The predicted molar refractivity (Wildman–Crippen MR) is 146 cm³/mol. The summed E-state index contributed by atoms with van der Waals surface area (Å²) in [6, 6.07) is 9.90. The minimum Gasteiger partial charge on any atom is -0.493 e. The van der Waals surface area contributed by atoms with E-state index in [1.807, 2.05) is 61.7 Å². The molecule has 0 amide bonds. The van der Waals surface area contributed by atoms with Gasteiger partial charge in [-0.3, -0.25) is 4.79 Å². The van der Waals surface area contributed by atoms with E-state index in [-0.39, 0.29) is 5.78 Å². The third-order valence-electron chi connectivity index (χ3n) is 6.47. The Kier molecular flexibility index (Phi) is 9.78. The molecule has 0 aliphatic heterocycles. The first-order valence-electron chi connectivity index (χ1n) is 12.6. The van der Waals surface area contributed by atoms with Gasteiger partial charge in [0.15, 0.2) is 0 Å². The van der Waals surface area contributed by atoms with Crippen LogP contribution in [0.15, 0.2) is 41.0 Å². The summed E-state index contributed by atoms with van der Waals surface area (Å²) < 4.78 is 9.16. The van der Waals surface area contributed by atoms with Gasteiger partial charge < -0.3 is 14.0 Å². The second-order valence-electron chi connectivity index (χ2n) is 9.26. The highest BCUT2D eigenvalue weighted by Crippen LogP contribution is 2.31. The molecule has 0 saturated carbocycles. The van der Waals surface area contributed by atoms with E-state index in [9.17, 15) is 4.79 Å². The monoisotopic (exact) mass is 526 g/mol. The summed E-state index contributed by atoms with van der Waals surface area (Å²) in [5, 5.41) is 0. The number of nitrogens with zero attached hydrogens (tertiary/aromatic N) is 2. The molecule has 0 radical (unpaired) electrons. The average Bonchev–Trinajstić information content (AvgIpc) is 3.08. The fraction of sp³-hybridized carbons (Fsp3) is 0.483. The molecule has 0 atom stereocenters. The molecule has 2 heterocycles. The van der Waals surface area contributed by atoms with Crippen LogP contribution in [0, 0.1) is 20.8 Å². The van der Waals surface area contributed by atoms with Crippen LogP contribution in [0.4, 0.5) is 0 Å². The molecular formula is C29H39BrN2O2. The van der Waals surface area contributed by atoms with Crippen molar-refractivity contribution < 1.29 is 9.53 Å². The molecule has 0 unspecified atom stereocenters. The lowest BCUT2D eigenvalue weighted by Crippen LogP contribution is -2.28. The molecule has 5 heteroatoms. The molecular weight excluding hydrogens is 488 g/mol. The Morgan fingerprint density at radius 1 is 0.971 bits per heavy atom. The van der Waals surface area contributed by atoms with Crippen LogP contribution in [0.5, 0.6) is 5.75 Å². The van der Waals surface area contributed by atoms with Crippen LogP contribution in [0.1, 0.15) is 78.7 Å². The van der Waals surface area contributed by atoms with Gasteiger partial charge in [0.2, 0.25) is 5.78 Å². The van der Waals surface area contributed by atoms with Crippen molar-refractivity contribution in [1.82, 2.24) is 9.30 Å². The number of benzene rings is 1. The Morgan fingerprint density at radius 2 is 1.59 bits per heavy atom. The molecule has 4 nitrogen and oxygen atoms in total. The predicted octanol–water partition coefficient (Wildman–Crippen LogP) is 7.53. The average molecular weight is 528 g/mol. The van der Waals surface area contributed by atoms with Crippen molar-refractivity contribution in [2.24, 2.45) is 0 Å². The number of hydrogen-bond acceptors (Lipinski definition) is 3. The van der Waals surface area contributed by atoms with Crippen molar-refractivity contribution in [2.45, 2.75) is 66.7 Å². The molecule has 184 valence electrons. The lowest BCUT2D eigenvalue weighted by Gasteiger charge is -2.22. The molecule has 0 N–H and O–H groups in total. The number of fused-ring (bicyclic) bond motifs is 1. The first-order valence-corrected chi connectivity index (χ1v) is 13.4. The zero-order valence-electron chi connectivity index (χ0n) is 21.4. The number of carbonyl (C=O) groups excluding carboxylic acids is 1. The summed E-state index contributed by atoms with van der Waals surface area (Å²) in [7, 11) is 0. The molecule has 3 aromatic rings. The van der Waals surface area contributed by atoms with Gasteiger partial charge in [0.1, 0.15) is 5.75 Å².